The molecule has 0 aromatic heterocycles. The fourth-order valence-electron chi connectivity index (χ4n) is 1.28. The van der Waals surface area contributed by atoms with Gasteiger partial charge in [-0.15, -0.1) is 6.42 Å². The van der Waals surface area contributed by atoms with Gasteiger partial charge in [-0.1, -0.05) is 21.9 Å². The van der Waals surface area contributed by atoms with Crippen LogP contribution in [-0.4, -0.2) is 13.1 Å². The number of nitrogens with two attached hydrogens (primary N) is 1. The fraction of sp³-hybridized carbons (Fsp3) is 0.273. The Morgan fingerprint density at radius 1 is 1.60 bits per heavy atom. The molecule has 0 amide bonds. The minimum Gasteiger partial charge on any atom is -0.329 e. The molecule has 0 aliphatic rings. The van der Waals surface area contributed by atoms with E-state index in [4.69, 9.17) is 12.2 Å². The zero-order valence-corrected chi connectivity index (χ0v) is 9.72. The number of terminal acetylenes is 1. The van der Waals surface area contributed by atoms with Crippen molar-refractivity contribution in [3.8, 4) is 12.3 Å². The summed E-state index contributed by atoms with van der Waals surface area (Å²) in [6.45, 7) is 0.772. The first-order chi connectivity index (χ1) is 7.19. The summed E-state index contributed by atoms with van der Waals surface area (Å²) in [5, 5.41) is 3.05. The van der Waals surface area contributed by atoms with Crippen LogP contribution < -0.4 is 11.1 Å². The number of hydrogen-bond acceptors (Lipinski definition) is 2. The number of benzene rings is 1. The van der Waals surface area contributed by atoms with Gasteiger partial charge in [0.2, 0.25) is 0 Å². The highest BCUT2D eigenvalue weighted by atomic mass is 79.9. The predicted molar refractivity (Wildman–Crippen MR) is 62.7 cm³/mol. The van der Waals surface area contributed by atoms with E-state index < -0.39 is 0 Å². The summed E-state index contributed by atoms with van der Waals surface area (Å²) in [6.07, 6.45) is 5.14. The first kappa shape index (κ1) is 12.2. The molecule has 0 bridgehead atoms. The smallest absolute Gasteiger partial charge is 0.123 e. The number of rotatable bonds is 4. The van der Waals surface area contributed by atoms with E-state index in [-0.39, 0.29) is 11.9 Å². The Kier molecular flexibility index (Phi) is 4.76. The number of nitrogens with one attached hydrogen (secondary N) is 1. The molecule has 3 N–H and O–H groups in total. The molecule has 2 nitrogen and oxygen atoms in total. The van der Waals surface area contributed by atoms with E-state index in [2.05, 4.69) is 27.2 Å². The van der Waals surface area contributed by atoms with Gasteiger partial charge in [-0.3, -0.25) is 5.32 Å². The average molecular weight is 271 g/mol. The van der Waals surface area contributed by atoms with Gasteiger partial charge >= 0.3 is 0 Å². The number of halogens is 2. The molecular weight excluding hydrogens is 259 g/mol. The molecule has 80 valence electrons. The van der Waals surface area contributed by atoms with Gasteiger partial charge in [-0.25, -0.2) is 4.39 Å². The summed E-state index contributed by atoms with van der Waals surface area (Å²) < 4.78 is 13.9. The van der Waals surface area contributed by atoms with Crippen LogP contribution in [0.25, 0.3) is 0 Å². The van der Waals surface area contributed by atoms with Crippen LogP contribution in [0.1, 0.15) is 11.6 Å². The lowest BCUT2D eigenvalue weighted by atomic mass is 10.1. The SMILES string of the molecule is C#CCNC(CN)c1cc(F)ccc1Br. The molecule has 0 saturated heterocycles. The second kappa shape index (κ2) is 5.86. The summed E-state index contributed by atoms with van der Waals surface area (Å²) in [5.41, 5.74) is 6.38. The summed E-state index contributed by atoms with van der Waals surface area (Å²) in [7, 11) is 0. The van der Waals surface area contributed by atoms with Crippen molar-refractivity contribution in [3.05, 3.63) is 34.1 Å². The lowest BCUT2D eigenvalue weighted by Gasteiger charge is -2.17. The van der Waals surface area contributed by atoms with Crippen LogP contribution in [0.15, 0.2) is 22.7 Å². The Bertz CT molecular complexity index is 373. The van der Waals surface area contributed by atoms with Gasteiger partial charge in [-0.2, -0.15) is 0 Å². The van der Waals surface area contributed by atoms with Crippen LogP contribution in [0.4, 0.5) is 4.39 Å². The van der Waals surface area contributed by atoms with Gasteiger partial charge in [0, 0.05) is 17.1 Å². The minimum atomic E-state index is -0.283. The van der Waals surface area contributed by atoms with Crippen LogP contribution in [0, 0.1) is 18.2 Å². The molecule has 0 heterocycles. The van der Waals surface area contributed by atoms with Crippen LogP contribution in [0.5, 0.6) is 0 Å². The quantitative estimate of drug-likeness (QED) is 0.820. The maximum atomic E-state index is 13.0. The first-order valence-electron chi connectivity index (χ1n) is 4.51. The Morgan fingerprint density at radius 3 is 2.93 bits per heavy atom. The zero-order valence-electron chi connectivity index (χ0n) is 8.13. The van der Waals surface area contributed by atoms with E-state index in [0.717, 1.165) is 10.0 Å². The highest BCUT2D eigenvalue weighted by Gasteiger charge is 2.12. The largest absolute Gasteiger partial charge is 0.329 e. The molecule has 1 aromatic rings. The molecule has 15 heavy (non-hydrogen) atoms. The maximum Gasteiger partial charge on any atom is 0.123 e. The monoisotopic (exact) mass is 270 g/mol. The highest BCUT2D eigenvalue weighted by Crippen LogP contribution is 2.23. The molecule has 1 rings (SSSR count). The predicted octanol–water partition coefficient (Wildman–Crippen LogP) is 1.81. The Balaban J connectivity index is 2.91. The van der Waals surface area contributed by atoms with Crippen molar-refractivity contribution in [3.63, 3.8) is 0 Å². The Hall–Kier alpha value is -0.890. The molecule has 0 fully saturated rings. The van der Waals surface area contributed by atoms with Gasteiger partial charge in [0.25, 0.3) is 0 Å². The molecular formula is C11H12BrFN2. The average Bonchev–Trinajstić information content (AvgIpc) is 2.24. The van der Waals surface area contributed by atoms with Crippen LogP contribution in [-0.2, 0) is 0 Å². The van der Waals surface area contributed by atoms with Gasteiger partial charge in [-0.05, 0) is 23.8 Å². The fourth-order valence-corrected chi connectivity index (χ4v) is 1.81. The van der Waals surface area contributed by atoms with Crippen molar-refractivity contribution in [1.82, 2.24) is 5.32 Å². The maximum absolute atomic E-state index is 13.0. The Morgan fingerprint density at radius 2 is 2.33 bits per heavy atom. The molecule has 0 aliphatic carbocycles. The lowest BCUT2D eigenvalue weighted by Crippen LogP contribution is -2.28. The van der Waals surface area contributed by atoms with Crippen molar-refractivity contribution in [2.24, 2.45) is 5.73 Å². The summed E-state index contributed by atoms with van der Waals surface area (Å²) >= 11 is 3.35. The third kappa shape index (κ3) is 3.31. The van der Waals surface area contributed by atoms with Gasteiger partial charge in [0.05, 0.1) is 6.54 Å². The third-order valence-electron chi connectivity index (χ3n) is 2.02. The van der Waals surface area contributed by atoms with Crippen molar-refractivity contribution in [1.29, 1.82) is 0 Å². The minimum absolute atomic E-state index is 0.133. The Labute approximate surface area is 97.2 Å². The molecule has 0 spiro atoms. The van der Waals surface area contributed by atoms with Crippen molar-refractivity contribution in [2.75, 3.05) is 13.1 Å². The van der Waals surface area contributed by atoms with Crippen LogP contribution in [0.3, 0.4) is 0 Å². The molecule has 1 atom stereocenters. The second-order valence-corrected chi connectivity index (χ2v) is 3.89. The summed E-state index contributed by atoms with van der Waals surface area (Å²) in [6, 6.07) is 4.37. The normalized spacial score (nSPS) is 12.1. The first-order valence-corrected chi connectivity index (χ1v) is 5.30. The molecule has 1 unspecified atom stereocenters. The van der Waals surface area contributed by atoms with Crippen molar-refractivity contribution in [2.45, 2.75) is 6.04 Å². The second-order valence-electron chi connectivity index (χ2n) is 3.04. The summed E-state index contributed by atoms with van der Waals surface area (Å²) in [5.74, 6) is 2.18. The van der Waals surface area contributed by atoms with Gasteiger partial charge in [0.15, 0.2) is 0 Å². The third-order valence-corrected chi connectivity index (χ3v) is 2.74. The van der Waals surface area contributed by atoms with Crippen LogP contribution in [0.2, 0.25) is 0 Å². The molecule has 0 aliphatic heterocycles. The van der Waals surface area contributed by atoms with Crippen molar-refractivity contribution < 1.29 is 4.39 Å². The molecule has 0 radical (unpaired) electrons. The van der Waals surface area contributed by atoms with Crippen LogP contribution >= 0.6 is 15.9 Å². The molecule has 1 aromatic carbocycles. The molecule has 0 saturated carbocycles. The molecule has 4 heteroatoms. The van der Waals surface area contributed by atoms with E-state index in [1.54, 1.807) is 6.07 Å². The van der Waals surface area contributed by atoms with Gasteiger partial charge < -0.3 is 5.73 Å². The highest BCUT2D eigenvalue weighted by molar-refractivity contribution is 9.10. The topological polar surface area (TPSA) is 38.0 Å². The zero-order chi connectivity index (χ0) is 11.3. The van der Waals surface area contributed by atoms with E-state index in [9.17, 15) is 4.39 Å². The van der Waals surface area contributed by atoms with Crippen molar-refractivity contribution >= 4 is 15.9 Å². The van der Waals surface area contributed by atoms with E-state index in [0.29, 0.717) is 13.1 Å². The van der Waals surface area contributed by atoms with E-state index >= 15 is 0 Å². The lowest BCUT2D eigenvalue weighted by molar-refractivity contribution is 0.568. The van der Waals surface area contributed by atoms with E-state index in [1.165, 1.54) is 12.1 Å². The number of hydrogen-bond donors (Lipinski definition) is 2. The standard InChI is InChI=1S/C11H12BrFN2/c1-2-5-15-11(7-14)9-6-8(13)3-4-10(9)12/h1,3-4,6,11,15H,5,7,14H2. The van der Waals surface area contributed by atoms with Gasteiger partial charge in [0.1, 0.15) is 5.82 Å². The summed E-state index contributed by atoms with van der Waals surface area (Å²) in [4.78, 5) is 0. The van der Waals surface area contributed by atoms with E-state index in [1.807, 2.05) is 0 Å².